The van der Waals surface area contributed by atoms with Gasteiger partial charge < -0.3 is 0 Å². The molecule has 0 N–H and O–H groups in total. The quantitative estimate of drug-likeness (QED) is 0.566. The maximum absolute atomic E-state index is 10.5. The molecule has 1 aromatic rings. The molecule has 1 heterocycles. The summed E-state index contributed by atoms with van der Waals surface area (Å²) in [5.74, 6) is 0.654. The number of rotatable bonds is 2. The zero-order chi connectivity index (χ0) is 11.5. The molecule has 0 aliphatic carbocycles. The molecule has 0 radical (unpaired) electrons. The predicted molar refractivity (Wildman–Crippen MR) is 62.9 cm³/mol. The molecular weight excluding hydrogens is 204 g/mol. The molecule has 1 atom stereocenters. The van der Waals surface area contributed by atoms with E-state index in [0.29, 0.717) is 5.92 Å². The van der Waals surface area contributed by atoms with Gasteiger partial charge in [0.1, 0.15) is 0 Å². The van der Waals surface area contributed by atoms with Gasteiger partial charge in [-0.25, -0.2) is 0 Å². The average Bonchev–Trinajstić information content (AvgIpc) is 2.30. The lowest BCUT2D eigenvalue weighted by Crippen LogP contribution is -2.14. The van der Waals surface area contributed by atoms with E-state index < -0.39 is 0 Å². The Bertz CT molecular complexity index is 423. The van der Waals surface area contributed by atoms with Crippen molar-refractivity contribution in [2.75, 3.05) is 6.54 Å². The zero-order valence-corrected chi connectivity index (χ0v) is 9.22. The summed E-state index contributed by atoms with van der Waals surface area (Å²) < 4.78 is 0. The van der Waals surface area contributed by atoms with Crippen LogP contribution in [0.25, 0.3) is 0 Å². The van der Waals surface area contributed by atoms with Gasteiger partial charge in [-0.1, -0.05) is 6.92 Å². The van der Waals surface area contributed by atoms with E-state index in [2.05, 4.69) is 11.9 Å². The fraction of sp³-hybridized carbons (Fsp3) is 0.417. The van der Waals surface area contributed by atoms with Crippen LogP contribution in [-0.4, -0.2) is 17.2 Å². The summed E-state index contributed by atoms with van der Waals surface area (Å²) >= 11 is 0. The number of non-ortho nitro benzene ring substituents is 1. The highest BCUT2D eigenvalue weighted by molar-refractivity contribution is 6.01. The van der Waals surface area contributed by atoms with E-state index >= 15 is 0 Å². The first kappa shape index (κ1) is 10.8. The molecule has 0 unspecified atom stereocenters. The van der Waals surface area contributed by atoms with Crippen molar-refractivity contribution in [3.63, 3.8) is 0 Å². The van der Waals surface area contributed by atoms with Crippen molar-refractivity contribution in [3.05, 3.63) is 39.9 Å². The first-order valence-corrected chi connectivity index (χ1v) is 5.45. The monoisotopic (exact) mass is 218 g/mol. The first-order valence-electron chi connectivity index (χ1n) is 5.45. The SMILES string of the molecule is C[C@H]1CCC(c2ccc([N+](=O)[O-])cc2)=NC1. The van der Waals surface area contributed by atoms with Gasteiger partial charge in [-0.15, -0.1) is 0 Å². The third-order valence-corrected chi connectivity index (χ3v) is 2.88. The van der Waals surface area contributed by atoms with E-state index in [1.165, 1.54) is 12.1 Å². The molecule has 1 aliphatic rings. The summed E-state index contributed by atoms with van der Waals surface area (Å²) in [7, 11) is 0. The smallest absolute Gasteiger partial charge is 0.269 e. The second-order valence-electron chi connectivity index (χ2n) is 4.24. The Kier molecular flexibility index (Phi) is 2.99. The normalized spacial score (nSPS) is 20.3. The molecule has 4 heteroatoms. The Labute approximate surface area is 94.2 Å². The van der Waals surface area contributed by atoms with Gasteiger partial charge in [-0.2, -0.15) is 0 Å². The number of nitro groups is 1. The minimum Gasteiger partial charge on any atom is -0.289 e. The lowest BCUT2D eigenvalue weighted by molar-refractivity contribution is -0.384. The molecule has 0 saturated carbocycles. The zero-order valence-electron chi connectivity index (χ0n) is 9.22. The average molecular weight is 218 g/mol. The van der Waals surface area contributed by atoms with Crippen LogP contribution in [0.4, 0.5) is 5.69 Å². The van der Waals surface area contributed by atoms with Gasteiger partial charge >= 0.3 is 0 Å². The molecule has 0 fully saturated rings. The van der Waals surface area contributed by atoms with Gasteiger partial charge in [0, 0.05) is 24.4 Å². The molecule has 1 aromatic carbocycles. The summed E-state index contributed by atoms with van der Waals surface area (Å²) in [5, 5.41) is 10.5. The topological polar surface area (TPSA) is 55.5 Å². The first-order chi connectivity index (χ1) is 7.66. The van der Waals surface area contributed by atoms with Crippen LogP contribution in [0.2, 0.25) is 0 Å². The summed E-state index contributed by atoms with van der Waals surface area (Å²) in [6, 6.07) is 6.64. The highest BCUT2D eigenvalue weighted by Gasteiger charge is 2.13. The number of hydrogen-bond donors (Lipinski definition) is 0. The number of nitrogens with zero attached hydrogens (tertiary/aromatic N) is 2. The summed E-state index contributed by atoms with van der Waals surface area (Å²) in [6.45, 7) is 3.06. The van der Waals surface area contributed by atoms with Crippen molar-refractivity contribution >= 4 is 11.4 Å². The minimum absolute atomic E-state index is 0.133. The number of benzene rings is 1. The van der Waals surface area contributed by atoms with E-state index in [1.54, 1.807) is 12.1 Å². The Morgan fingerprint density at radius 3 is 2.56 bits per heavy atom. The van der Waals surface area contributed by atoms with Gasteiger partial charge in [-0.05, 0) is 36.5 Å². The van der Waals surface area contributed by atoms with Crippen LogP contribution in [0.3, 0.4) is 0 Å². The molecule has 2 rings (SSSR count). The van der Waals surface area contributed by atoms with Crippen LogP contribution >= 0.6 is 0 Å². The van der Waals surface area contributed by atoms with E-state index in [4.69, 9.17) is 0 Å². The molecule has 0 bridgehead atoms. The Balaban J connectivity index is 2.19. The lowest BCUT2D eigenvalue weighted by atomic mass is 9.96. The standard InChI is InChI=1S/C12H14N2O2/c1-9-2-7-12(13-8-9)10-3-5-11(6-4-10)14(15)16/h3-6,9H,2,7-8H2,1H3/t9-/m0/s1. The number of hydrogen-bond acceptors (Lipinski definition) is 3. The van der Waals surface area contributed by atoms with Gasteiger partial charge in [-0.3, -0.25) is 15.1 Å². The van der Waals surface area contributed by atoms with E-state index in [9.17, 15) is 10.1 Å². The third-order valence-electron chi connectivity index (χ3n) is 2.88. The summed E-state index contributed by atoms with van der Waals surface area (Å²) in [5.41, 5.74) is 2.22. The molecule has 84 valence electrons. The maximum atomic E-state index is 10.5. The van der Waals surface area contributed by atoms with Crippen LogP contribution in [0.15, 0.2) is 29.3 Å². The van der Waals surface area contributed by atoms with Crippen LogP contribution < -0.4 is 0 Å². The van der Waals surface area contributed by atoms with Gasteiger partial charge in [0.25, 0.3) is 5.69 Å². The molecule has 16 heavy (non-hydrogen) atoms. The van der Waals surface area contributed by atoms with Crippen LogP contribution in [0, 0.1) is 16.0 Å². The molecule has 0 saturated heterocycles. The number of aliphatic imine (C=N–C) groups is 1. The molecule has 0 aromatic heterocycles. The molecule has 0 spiro atoms. The Morgan fingerprint density at radius 2 is 2.06 bits per heavy atom. The van der Waals surface area contributed by atoms with Gasteiger partial charge in [0.2, 0.25) is 0 Å². The van der Waals surface area contributed by atoms with Crippen molar-refractivity contribution in [1.29, 1.82) is 0 Å². The van der Waals surface area contributed by atoms with Crippen LogP contribution in [-0.2, 0) is 0 Å². The fourth-order valence-corrected chi connectivity index (χ4v) is 1.83. The Morgan fingerprint density at radius 1 is 1.38 bits per heavy atom. The lowest BCUT2D eigenvalue weighted by Gasteiger charge is -2.17. The second kappa shape index (κ2) is 4.43. The number of nitro benzene ring substituents is 1. The molecule has 0 amide bonds. The second-order valence-corrected chi connectivity index (χ2v) is 4.24. The van der Waals surface area contributed by atoms with E-state index in [-0.39, 0.29) is 10.6 Å². The van der Waals surface area contributed by atoms with E-state index in [0.717, 1.165) is 30.7 Å². The van der Waals surface area contributed by atoms with Crippen molar-refractivity contribution in [3.8, 4) is 0 Å². The minimum atomic E-state index is -0.380. The third kappa shape index (κ3) is 2.27. The van der Waals surface area contributed by atoms with Crippen LogP contribution in [0.1, 0.15) is 25.3 Å². The van der Waals surface area contributed by atoms with Crippen molar-refractivity contribution in [2.45, 2.75) is 19.8 Å². The molecule has 4 nitrogen and oxygen atoms in total. The highest BCUT2D eigenvalue weighted by Crippen LogP contribution is 2.19. The summed E-state index contributed by atoms with van der Waals surface area (Å²) in [6.07, 6.45) is 2.12. The maximum Gasteiger partial charge on any atom is 0.269 e. The fourth-order valence-electron chi connectivity index (χ4n) is 1.83. The molecule has 1 aliphatic heterocycles. The largest absolute Gasteiger partial charge is 0.289 e. The van der Waals surface area contributed by atoms with Gasteiger partial charge in [0.15, 0.2) is 0 Å². The predicted octanol–water partition coefficient (Wildman–Crippen LogP) is 2.81. The van der Waals surface area contributed by atoms with Crippen molar-refractivity contribution in [2.24, 2.45) is 10.9 Å². The van der Waals surface area contributed by atoms with Crippen LogP contribution in [0.5, 0.6) is 0 Å². The van der Waals surface area contributed by atoms with Gasteiger partial charge in [0.05, 0.1) is 4.92 Å². The Hall–Kier alpha value is -1.71. The van der Waals surface area contributed by atoms with E-state index in [1.807, 2.05) is 0 Å². The highest BCUT2D eigenvalue weighted by atomic mass is 16.6. The van der Waals surface area contributed by atoms with Crippen molar-refractivity contribution in [1.82, 2.24) is 0 Å². The molecular formula is C12H14N2O2. The summed E-state index contributed by atoms with van der Waals surface area (Å²) in [4.78, 5) is 14.6. The van der Waals surface area contributed by atoms with Crippen molar-refractivity contribution < 1.29 is 4.92 Å².